The topological polar surface area (TPSA) is 83.5 Å². The number of carboxylic acids is 1. The lowest BCUT2D eigenvalue weighted by atomic mass is 10.3. The quantitative estimate of drug-likeness (QED) is 0.886. The van der Waals surface area contributed by atoms with E-state index in [1.54, 1.807) is 29.6 Å². The number of hydrogen-bond acceptors (Lipinski definition) is 5. The van der Waals surface area contributed by atoms with Crippen molar-refractivity contribution in [1.82, 2.24) is 0 Å². The van der Waals surface area contributed by atoms with Crippen molar-refractivity contribution < 1.29 is 18.3 Å². The molecule has 0 unspecified atom stereocenters. The molecule has 2 aromatic rings. The van der Waals surface area contributed by atoms with Gasteiger partial charge >= 0.3 is 5.97 Å². The number of nitrogens with one attached hydrogen (secondary N) is 1. The third kappa shape index (κ3) is 3.37. The van der Waals surface area contributed by atoms with E-state index < -0.39 is 15.8 Å². The van der Waals surface area contributed by atoms with Crippen LogP contribution in [-0.4, -0.2) is 25.7 Å². The van der Waals surface area contributed by atoms with Crippen molar-refractivity contribution in [3.63, 3.8) is 0 Å². The average molecular weight is 311 g/mol. The number of para-hydroxylation sites is 1. The fourth-order valence-corrected chi connectivity index (χ4v) is 3.37. The average Bonchev–Trinajstić information content (AvgIpc) is 2.84. The van der Waals surface area contributed by atoms with Crippen LogP contribution in [0, 0.1) is 0 Å². The first-order valence-corrected chi connectivity index (χ1v) is 8.48. The van der Waals surface area contributed by atoms with E-state index in [1.807, 2.05) is 0 Å². The maximum atomic E-state index is 11.6. The van der Waals surface area contributed by atoms with Crippen molar-refractivity contribution in [2.24, 2.45) is 0 Å². The van der Waals surface area contributed by atoms with Gasteiger partial charge < -0.3 is 10.4 Å². The zero-order valence-corrected chi connectivity index (χ0v) is 12.3. The van der Waals surface area contributed by atoms with E-state index in [4.69, 9.17) is 5.11 Å². The standard InChI is InChI=1S/C13H13NO4S2/c1-20(17,18)12-5-3-2-4-11(12)14-7-10-6-9(8-19-10)13(15)16/h2-6,8,14H,7H2,1H3,(H,15,16). The lowest BCUT2D eigenvalue weighted by Gasteiger charge is -2.09. The van der Waals surface area contributed by atoms with Gasteiger partial charge in [-0.3, -0.25) is 0 Å². The molecule has 0 bridgehead atoms. The Hall–Kier alpha value is -1.86. The van der Waals surface area contributed by atoms with Crippen LogP contribution in [-0.2, 0) is 16.4 Å². The van der Waals surface area contributed by atoms with Gasteiger partial charge in [-0.05, 0) is 18.2 Å². The van der Waals surface area contributed by atoms with Crippen LogP contribution in [0.5, 0.6) is 0 Å². The summed E-state index contributed by atoms with van der Waals surface area (Å²) in [5, 5.41) is 13.4. The number of anilines is 1. The van der Waals surface area contributed by atoms with Gasteiger partial charge in [0.1, 0.15) is 0 Å². The molecular weight excluding hydrogens is 298 g/mol. The minimum Gasteiger partial charge on any atom is -0.478 e. The number of rotatable bonds is 5. The number of aromatic carboxylic acids is 1. The molecule has 0 amide bonds. The van der Waals surface area contributed by atoms with Gasteiger partial charge in [0.15, 0.2) is 9.84 Å². The van der Waals surface area contributed by atoms with Crippen LogP contribution in [0.4, 0.5) is 5.69 Å². The van der Waals surface area contributed by atoms with Crippen molar-refractivity contribution >= 4 is 32.8 Å². The highest BCUT2D eigenvalue weighted by Crippen LogP contribution is 2.22. The zero-order valence-electron chi connectivity index (χ0n) is 10.7. The second-order valence-corrected chi connectivity index (χ2v) is 7.21. The Morgan fingerprint density at radius 1 is 1.35 bits per heavy atom. The summed E-state index contributed by atoms with van der Waals surface area (Å²) < 4.78 is 23.3. The van der Waals surface area contributed by atoms with E-state index in [2.05, 4.69) is 5.32 Å². The molecular formula is C13H13NO4S2. The smallest absolute Gasteiger partial charge is 0.336 e. The molecule has 1 heterocycles. The molecule has 7 heteroatoms. The first kappa shape index (κ1) is 14.5. The Kier molecular flexibility index (Phi) is 4.10. The summed E-state index contributed by atoms with van der Waals surface area (Å²) in [6.45, 7) is 0.379. The van der Waals surface area contributed by atoms with Crippen LogP contribution in [0.2, 0.25) is 0 Å². The molecule has 0 atom stereocenters. The lowest BCUT2D eigenvalue weighted by molar-refractivity contribution is 0.0697. The number of benzene rings is 1. The van der Waals surface area contributed by atoms with Crippen molar-refractivity contribution in [2.75, 3.05) is 11.6 Å². The Labute approximate surface area is 120 Å². The minimum atomic E-state index is -3.30. The van der Waals surface area contributed by atoms with E-state index in [0.717, 1.165) is 11.1 Å². The first-order chi connectivity index (χ1) is 9.38. The van der Waals surface area contributed by atoms with Crippen molar-refractivity contribution in [2.45, 2.75) is 11.4 Å². The predicted molar refractivity (Wildman–Crippen MR) is 78.2 cm³/mol. The Morgan fingerprint density at radius 3 is 2.65 bits per heavy atom. The fraction of sp³-hybridized carbons (Fsp3) is 0.154. The Bertz CT molecular complexity index is 734. The molecule has 1 aromatic carbocycles. The van der Waals surface area contributed by atoms with E-state index in [0.29, 0.717) is 12.2 Å². The second kappa shape index (κ2) is 5.64. The zero-order chi connectivity index (χ0) is 14.8. The van der Waals surface area contributed by atoms with Crippen LogP contribution in [0.1, 0.15) is 15.2 Å². The maximum absolute atomic E-state index is 11.6. The molecule has 20 heavy (non-hydrogen) atoms. The molecule has 2 rings (SSSR count). The van der Waals surface area contributed by atoms with E-state index in [9.17, 15) is 13.2 Å². The summed E-state index contributed by atoms with van der Waals surface area (Å²) in [7, 11) is -3.30. The number of carboxylic acid groups (broad SMARTS) is 1. The van der Waals surface area contributed by atoms with Crippen molar-refractivity contribution in [1.29, 1.82) is 0 Å². The lowest BCUT2D eigenvalue weighted by Crippen LogP contribution is -2.05. The third-order valence-corrected chi connectivity index (χ3v) is 4.73. The molecule has 0 fully saturated rings. The highest BCUT2D eigenvalue weighted by Gasteiger charge is 2.12. The SMILES string of the molecule is CS(=O)(=O)c1ccccc1NCc1cc(C(=O)O)cs1. The molecule has 0 aliphatic carbocycles. The van der Waals surface area contributed by atoms with Gasteiger partial charge in [-0.2, -0.15) is 0 Å². The monoisotopic (exact) mass is 311 g/mol. The highest BCUT2D eigenvalue weighted by atomic mass is 32.2. The van der Waals surface area contributed by atoms with Gasteiger partial charge in [0.25, 0.3) is 0 Å². The molecule has 0 aliphatic heterocycles. The summed E-state index contributed by atoms with van der Waals surface area (Å²) >= 11 is 1.32. The predicted octanol–water partition coefficient (Wildman–Crippen LogP) is 2.46. The van der Waals surface area contributed by atoms with Crippen molar-refractivity contribution in [3.05, 3.63) is 46.2 Å². The normalized spacial score (nSPS) is 11.2. The van der Waals surface area contributed by atoms with Gasteiger partial charge in [0.05, 0.1) is 16.1 Å². The van der Waals surface area contributed by atoms with Gasteiger partial charge in [-0.15, -0.1) is 11.3 Å². The number of carbonyl (C=O) groups is 1. The molecule has 0 radical (unpaired) electrons. The second-order valence-electron chi connectivity index (χ2n) is 4.23. The molecule has 5 nitrogen and oxygen atoms in total. The molecule has 0 aliphatic rings. The first-order valence-electron chi connectivity index (χ1n) is 5.71. The maximum Gasteiger partial charge on any atom is 0.336 e. The third-order valence-electron chi connectivity index (χ3n) is 2.64. The summed E-state index contributed by atoms with van der Waals surface area (Å²) in [6.07, 6.45) is 1.15. The van der Waals surface area contributed by atoms with Crippen LogP contribution in [0.3, 0.4) is 0 Å². The van der Waals surface area contributed by atoms with Crippen LogP contribution >= 0.6 is 11.3 Å². The summed E-state index contributed by atoms with van der Waals surface area (Å²) in [5.74, 6) is -0.968. The van der Waals surface area contributed by atoms with Crippen LogP contribution < -0.4 is 5.32 Å². The summed E-state index contributed by atoms with van der Waals surface area (Å²) in [6, 6.07) is 8.20. The van der Waals surface area contributed by atoms with E-state index in [-0.39, 0.29) is 10.5 Å². The number of hydrogen-bond donors (Lipinski definition) is 2. The summed E-state index contributed by atoms with van der Waals surface area (Å²) in [4.78, 5) is 11.8. The van der Waals surface area contributed by atoms with Crippen molar-refractivity contribution in [3.8, 4) is 0 Å². The minimum absolute atomic E-state index is 0.231. The van der Waals surface area contributed by atoms with Crippen LogP contribution in [0.25, 0.3) is 0 Å². The molecule has 1 aromatic heterocycles. The highest BCUT2D eigenvalue weighted by molar-refractivity contribution is 7.90. The summed E-state index contributed by atoms with van der Waals surface area (Å²) in [5.41, 5.74) is 0.753. The van der Waals surface area contributed by atoms with E-state index >= 15 is 0 Å². The van der Waals surface area contributed by atoms with Gasteiger partial charge in [-0.1, -0.05) is 12.1 Å². The van der Waals surface area contributed by atoms with Gasteiger partial charge in [0, 0.05) is 23.1 Å². The number of sulfone groups is 1. The molecule has 106 valence electrons. The largest absolute Gasteiger partial charge is 0.478 e. The molecule has 0 saturated heterocycles. The fourth-order valence-electron chi connectivity index (χ4n) is 1.70. The van der Waals surface area contributed by atoms with Gasteiger partial charge in [-0.25, -0.2) is 13.2 Å². The molecule has 0 saturated carbocycles. The Morgan fingerprint density at radius 2 is 2.05 bits per heavy atom. The van der Waals surface area contributed by atoms with E-state index in [1.165, 1.54) is 17.4 Å². The number of thiophene rings is 1. The Balaban J connectivity index is 2.17. The molecule has 0 spiro atoms. The van der Waals surface area contributed by atoms with Gasteiger partial charge in [0.2, 0.25) is 0 Å². The molecule has 2 N–H and O–H groups in total. The van der Waals surface area contributed by atoms with Crippen LogP contribution in [0.15, 0.2) is 40.6 Å².